The molecule has 0 bridgehead atoms. The Morgan fingerprint density at radius 1 is 0.281 bits per heavy atom. The summed E-state index contributed by atoms with van der Waals surface area (Å²) < 4.78 is 76.3. The van der Waals surface area contributed by atoms with E-state index >= 15 is 0 Å². The SMILES string of the molecule is CC(C)(C)c1ccc2c(c1)C1OCCCC1C(c1cccs1)N2.CC(C)(C)c1ccc2c(c1)[C@H]1OCCC[C@H]1[C@H](c1cccc(O)c1)N2.CC(C)(C)c1ccc2c(c1)[C@H]1OCCC[C@H]1[C@H](c1cccs1)N2.CCc1ccc2c(c1)C1OCCCC1C(c1ccccc1)N2.CCc1ccc2c(c1)[C@H]1OCCC[C@H]1[C@H](c1ccccc1)N2.FC(F)(F)c1ccc2c(c1)[C@H]1OCCC[C@H]1[C@H](c1ccccc1)N2. The Hall–Kier alpha value is -10.3. The number of alkyl halides is 3. The molecular formula is C121H141F3N6O7S2. The number of rotatable bonds is 8. The molecule has 7 N–H and O–H groups in total. The zero-order valence-corrected chi connectivity index (χ0v) is 84.3. The number of ether oxygens (including phenoxy) is 6. The fourth-order valence-electron chi connectivity index (χ4n) is 23.7. The van der Waals surface area contributed by atoms with Gasteiger partial charge in [0.15, 0.2) is 0 Å². The van der Waals surface area contributed by atoms with Crippen LogP contribution in [0.15, 0.2) is 259 Å². The number of aryl methyl sites for hydroxylation is 2. The van der Waals surface area contributed by atoms with Crippen LogP contribution in [0.4, 0.5) is 47.3 Å². The maximum Gasteiger partial charge on any atom is 0.416 e. The summed E-state index contributed by atoms with van der Waals surface area (Å²) in [6.07, 6.45) is 12.3. The second kappa shape index (κ2) is 42.5. The van der Waals surface area contributed by atoms with Crippen LogP contribution in [0.25, 0.3) is 0 Å². The van der Waals surface area contributed by atoms with Gasteiger partial charge in [-0.3, -0.25) is 0 Å². The van der Waals surface area contributed by atoms with Crippen molar-refractivity contribution in [2.24, 2.45) is 35.5 Å². The molecule has 0 aliphatic carbocycles. The number of benzene rings is 10. The molecule has 10 aromatic carbocycles. The fraction of sp³-hybridized carbons (Fsp3) is 0.438. The molecule has 18 atom stereocenters. The van der Waals surface area contributed by atoms with E-state index in [4.69, 9.17) is 28.4 Å². The van der Waals surface area contributed by atoms with Crippen LogP contribution < -0.4 is 31.9 Å². The van der Waals surface area contributed by atoms with Crippen molar-refractivity contribution >= 4 is 56.8 Å². The number of anilines is 6. The van der Waals surface area contributed by atoms with Gasteiger partial charge >= 0.3 is 6.18 Å². The Morgan fingerprint density at radius 3 is 0.813 bits per heavy atom. The van der Waals surface area contributed by atoms with Crippen LogP contribution in [0.2, 0.25) is 0 Å². The Bertz CT molecular complexity index is 5860. The molecule has 730 valence electrons. The minimum absolute atomic E-state index is 0.0562. The monoisotopic (exact) mass is 1910 g/mol. The van der Waals surface area contributed by atoms with Gasteiger partial charge in [0, 0.05) is 152 Å². The Morgan fingerprint density at radius 2 is 0.540 bits per heavy atom. The summed E-state index contributed by atoms with van der Waals surface area (Å²) in [7, 11) is 0. The topological polar surface area (TPSA) is 148 Å². The van der Waals surface area contributed by atoms with Crippen molar-refractivity contribution in [3.05, 3.63) is 358 Å². The van der Waals surface area contributed by atoms with Crippen LogP contribution in [-0.2, 0) is 63.7 Å². The third-order valence-electron chi connectivity index (χ3n) is 31.1. The molecule has 0 amide bonds. The van der Waals surface area contributed by atoms with Gasteiger partial charge in [-0.05, 0) is 240 Å². The number of phenolic OH excluding ortho intramolecular Hbond substituents is 1. The third-order valence-corrected chi connectivity index (χ3v) is 33.0. The van der Waals surface area contributed by atoms with Crippen LogP contribution in [0.5, 0.6) is 5.75 Å². The molecule has 13 nitrogen and oxygen atoms in total. The lowest BCUT2D eigenvalue weighted by atomic mass is 9.76. The first-order valence-electron chi connectivity index (χ1n) is 51.5. The smallest absolute Gasteiger partial charge is 0.416 e. The predicted molar refractivity (Wildman–Crippen MR) is 561 cm³/mol. The van der Waals surface area contributed by atoms with E-state index in [1.165, 1.54) is 150 Å². The minimum atomic E-state index is -4.34. The number of halogens is 3. The molecule has 12 aliphatic rings. The molecule has 6 unspecified atom stereocenters. The van der Waals surface area contributed by atoms with Crippen LogP contribution in [0, 0.1) is 35.5 Å². The molecule has 24 rings (SSSR count). The average molecular weight is 1910 g/mol. The van der Waals surface area contributed by atoms with Gasteiger partial charge in [-0.15, -0.1) is 22.7 Å². The van der Waals surface area contributed by atoms with Gasteiger partial charge in [-0.25, -0.2) is 0 Å². The van der Waals surface area contributed by atoms with Crippen molar-refractivity contribution in [1.29, 1.82) is 0 Å². The lowest BCUT2D eigenvalue weighted by Gasteiger charge is -2.44. The number of nitrogens with one attached hydrogen (secondary N) is 6. The molecule has 12 aliphatic heterocycles. The molecule has 0 spiro atoms. The van der Waals surface area contributed by atoms with E-state index in [9.17, 15) is 18.3 Å². The summed E-state index contributed by atoms with van der Waals surface area (Å²) in [5.74, 6) is 2.96. The van der Waals surface area contributed by atoms with Crippen molar-refractivity contribution < 1.29 is 46.7 Å². The molecule has 2 aromatic heterocycles. The number of thiophene rings is 2. The van der Waals surface area contributed by atoms with Crippen molar-refractivity contribution in [1.82, 2.24) is 0 Å². The molecule has 12 aromatic rings. The van der Waals surface area contributed by atoms with Crippen LogP contribution in [0.3, 0.4) is 0 Å². The molecule has 14 heterocycles. The van der Waals surface area contributed by atoms with Crippen molar-refractivity contribution in [3.8, 4) is 5.75 Å². The number of phenols is 1. The Kier molecular flexibility index (Phi) is 29.8. The summed E-state index contributed by atoms with van der Waals surface area (Å²) >= 11 is 3.70. The summed E-state index contributed by atoms with van der Waals surface area (Å²) in [4.78, 5) is 2.85. The van der Waals surface area contributed by atoms with Gasteiger partial charge in [0.05, 0.1) is 78.4 Å². The van der Waals surface area contributed by atoms with E-state index in [0.717, 1.165) is 113 Å². The Labute approximate surface area is 830 Å². The fourth-order valence-corrected chi connectivity index (χ4v) is 25.4. The molecule has 6 fully saturated rings. The summed E-state index contributed by atoms with van der Waals surface area (Å²) in [5.41, 5.74) is 26.0. The van der Waals surface area contributed by atoms with Crippen LogP contribution >= 0.6 is 22.7 Å². The quantitative estimate of drug-likeness (QED) is 0.0775. The third kappa shape index (κ3) is 21.6. The molecule has 0 radical (unpaired) electrons. The van der Waals surface area contributed by atoms with Gasteiger partial charge in [0.2, 0.25) is 0 Å². The molecule has 18 heteroatoms. The highest BCUT2D eigenvalue weighted by Crippen LogP contribution is 2.58. The van der Waals surface area contributed by atoms with E-state index in [0.29, 0.717) is 71.7 Å². The lowest BCUT2D eigenvalue weighted by Crippen LogP contribution is -2.36. The maximum absolute atomic E-state index is 13.1. The first-order valence-corrected chi connectivity index (χ1v) is 53.2. The maximum atomic E-state index is 13.1. The van der Waals surface area contributed by atoms with Gasteiger partial charge in [-0.2, -0.15) is 13.2 Å². The number of hydrogen-bond acceptors (Lipinski definition) is 15. The average Bonchev–Trinajstić information content (AvgIpc) is 1.70. The van der Waals surface area contributed by atoms with Crippen molar-refractivity contribution in [3.63, 3.8) is 0 Å². The van der Waals surface area contributed by atoms with E-state index in [1.807, 2.05) is 53.0 Å². The second-order valence-electron chi connectivity index (χ2n) is 43.2. The van der Waals surface area contributed by atoms with Crippen molar-refractivity contribution in [2.75, 3.05) is 71.5 Å². The molecular weight excluding hydrogens is 1770 g/mol. The van der Waals surface area contributed by atoms with Gasteiger partial charge in [0.25, 0.3) is 0 Å². The van der Waals surface area contributed by atoms with E-state index in [1.54, 1.807) is 6.07 Å². The van der Waals surface area contributed by atoms with Gasteiger partial charge in [-0.1, -0.05) is 252 Å². The van der Waals surface area contributed by atoms with Gasteiger partial charge < -0.3 is 65.4 Å². The number of hydrogen-bond donors (Lipinski definition) is 7. The Balaban J connectivity index is 0.000000106. The highest BCUT2D eigenvalue weighted by molar-refractivity contribution is 7.10. The van der Waals surface area contributed by atoms with E-state index in [2.05, 4.69) is 313 Å². The molecule has 139 heavy (non-hydrogen) atoms. The first-order chi connectivity index (χ1) is 67.3. The predicted octanol–water partition coefficient (Wildman–Crippen LogP) is 31.8. The zero-order chi connectivity index (χ0) is 96.3. The summed E-state index contributed by atoms with van der Waals surface area (Å²) in [6.45, 7) is 29.8. The van der Waals surface area contributed by atoms with E-state index in [-0.39, 0.29) is 70.9 Å². The largest absolute Gasteiger partial charge is 0.508 e. The molecule has 6 saturated heterocycles. The van der Waals surface area contributed by atoms with Crippen molar-refractivity contribution in [2.45, 2.75) is 261 Å². The highest BCUT2D eigenvalue weighted by Gasteiger charge is 2.48. The zero-order valence-electron chi connectivity index (χ0n) is 82.7. The lowest BCUT2D eigenvalue weighted by molar-refractivity contribution is -0.137. The van der Waals surface area contributed by atoms with E-state index < -0.39 is 11.7 Å². The standard InChI is InChI=1S/C22H27NO2.2C20H25NOS.2C20H23NO.C19H18F3NO/c1-22(2,3)15-9-10-19-18(13-15)21-17(8-5-11-25-21)20(23-19)14-6-4-7-16(24)12-14;2*1-20(2,3)13-8-9-16-15(12-13)19-14(6-4-10-22-19)18(21-16)17-7-5-11-23-17;2*1-2-14-10-11-18-17(13-14)20-16(9-6-12-22-20)19(21-18)15-7-4-3-5-8-15;20-19(21,22)13-8-9-16-15(11-13)18-14(7-4-10-24-18)17(23-16)12-5-2-1-3-6-12/h4,6-7,9-10,12-13,17,20-21,23-24H,5,8,11H2,1-3H3;2*5,7-9,11-12,14,18-19,21H,4,6,10H2,1-3H3;2*3-5,7-8,10-11,13,16,19-21H,2,6,9,12H2,1H3;1-3,5-6,8-9,11,14,17-18,23H,4,7,10H2/t17-,20-,21-;14-,18+,19-;;16-,19-,20-;;14-,17-,18-/m00.0.0/s1. The second-order valence-corrected chi connectivity index (χ2v) is 45.1. The highest BCUT2D eigenvalue weighted by atomic mass is 32.1. The first kappa shape index (κ1) is 97.6. The summed E-state index contributed by atoms with van der Waals surface area (Å²) in [5, 5.41) is 36.6. The van der Waals surface area contributed by atoms with Crippen LogP contribution in [0.1, 0.15) is 325 Å². The number of aromatic hydroxyl groups is 1. The minimum Gasteiger partial charge on any atom is -0.508 e. The van der Waals surface area contributed by atoms with Gasteiger partial charge in [0.1, 0.15) is 5.75 Å². The number of fused-ring (bicyclic) bond motifs is 18. The molecule has 0 saturated carbocycles. The van der Waals surface area contributed by atoms with Crippen LogP contribution in [-0.4, -0.2) is 44.7 Å². The normalized spacial score (nSPS) is 26.5. The summed E-state index contributed by atoms with van der Waals surface area (Å²) in [6, 6.07) is 87.8.